The first-order valence-corrected chi connectivity index (χ1v) is 8.84. The van der Waals surface area contributed by atoms with E-state index in [9.17, 15) is 14.9 Å². The molecular formula is C19H24N4O2. The van der Waals surface area contributed by atoms with Crippen molar-refractivity contribution in [3.05, 3.63) is 28.6 Å². The lowest BCUT2D eigenvalue weighted by atomic mass is 9.94. The summed E-state index contributed by atoms with van der Waals surface area (Å²) in [6.45, 7) is 8.29. The quantitative estimate of drug-likeness (QED) is 0.838. The average molecular weight is 340 g/mol. The molecule has 2 aliphatic rings. The van der Waals surface area contributed by atoms with Gasteiger partial charge in [-0.3, -0.25) is 14.6 Å². The standard InChI is InChI=1S/C19H24N4O2/c1-12(2)9-23-10-14(6-18(23)24)19(25)22-5-4-16-15(11-22)8-21-13(3)17(16)7-20/h8,12,14H,4-6,9-11H2,1-3H3. The highest BCUT2D eigenvalue weighted by atomic mass is 16.2. The van der Waals surface area contributed by atoms with Crippen LogP contribution in [0.1, 0.15) is 42.7 Å². The van der Waals surface area contributed by atoms with Gasteiger partial charge in [0.15, 0.2) is 0 Å². The molecule has 0 spiro atoms. The Hall–Kier alpha value is -2.42. The van der Waals surface area contributed by atoms with Crippen molar-refractivity contribution < 1.29 is 9.59 Å². The molecule has 132 valence electrons. The molecule has 1 unspecified atom stereocenters. The van der Waals surface area contributed by atoms with E-state index in [1.807, 2.05) is 16.7 Å². The fourth-order valence-corrected chi connectivity index (χ4v) is 3.80. The summed E-state index contributed by atoms with van der Waals surface area (Å²) in [6, 6.07) is 2.24. The first kappa shape index (κ1) is 17.4. The first-order valence-electron chi connectivity index (χ1n) is 8.84. The summed E-state index contributed by atoms with van der Waals surface area (Å²) in [6.07, 6.45) is 2.75. The molecule has 25 heavy (non-hydrogen) atoms. The summed E-state index contributed by atoms with van der Waals surface area (Å²) in [5.74, 6) is 0.276. The minimum absolute atomic E-state index is 0.0457. The lowest BCUT2D eigenvalue weighted by molar-refractivity contribution is -0.136. The number of hydrogen-bond donors (Lipinski definition) is 0. The predicted molar refractivity (Wildman–Crippen MR) is 92.3 cm³/mol. The first-order chi connectivity index (χ1) is 11.9. The van der Waals surface area contributed by atoms with Gasteiger partial charge in [0.05, 0.1) is 17.2 Å². The van der Waals surface area contributed by atoms with Crippen LogP contribution in [-0.2, 0) is 22.6 Å². The van der Waals surface area contributed by atoms with Gasteiger partial charge < -0.3 is 9.80 Å². The van der Waals surface area contributed by atoms with E-state index in [0.29, 0.717) is 50.5 Å². The summed E-state index contributed by atoms with van der Waals surface area (Å²) in [5.41, 5.74) is 3.35. The van der Waals surface area contributed by atoms with Crippen LogP contribution in [0.2, 0.25) is 0 Å². The van der Waals surface area contributed by atoms with Gasteiger partial charge >= 0.3 is 0 Å². The van der Waals surface area contributed by atoms with Gasteiger partial charge in [0.2, 0.25) is 11.8 Å². The zero-order valence-corrected chi connectivity index (χ0v) is 15.1. The zero-order chi connectivity index (χ0) is 18.1. The minimum atomic E-state index is -0.248. The molecule has 1 aromatic rings. The second-order valence-corrected chi connectivity index (χ2v) is 7.44. The van der Waals surface area contributed by atoms with Crippen LogP contribution in [0.5, 0.6) is 0 Å². The number of likely N-dealkylation sites (tertiary alicyclic amines) is 1. The number of carbonyl (C=O) groups excluding carboxylic acids is 2. The fraction of sp³-hybridized carbons (Fsp3) is 0.579. The molecule has 1 aromatic heterocycles. The molecule has 0 saturated carbocycles. The molecule has 0 radical (unpaired) electrons. The lowest BCUT2D eigenvalue weighted by Crippen LogP contribution is -2.41. The van der Waals surface area contributed by atoms with Crippen molar-refractivity contribution in [2.75, 3.05) is 19.6 Å². The Morgan fingerprint density at radius 3 is 2.92 bits per heavy atom. The number of amides is 2. The van der Waals surface area contributed by atoms with Crippen LogP contribution in [0, 0.1) is 30.1 Å². The topological polar surface area (TPSA) is 77.3 Å². The molecule has 1 fully saturated rings. The fourth-order valence-electron chi connectivity index (χ4n) is 3.80. The summed E-state index contributed by atoms with van der Waals surface area (Å²) in [7, 11) is 0. The number of fused-ring (bicyclic) bond motifs is 1. The van der Waals surface area contributed by atoms with Crippen LogP contribution in [0.3, 0.4) is 0 Å². The summed E-state index contributed by atoms with van der Waals surface area (Å²) < 4.78 is 0. The van der Waals surface area contributed by atoms with E-state index < -0.39 is 0 Å². The Morgan fingerprint density at radius 1 is 1.48 bits per heavy atom. The third-order valence-electron chi connectivity index (χ3n) is 5.03. The maximum Gasteiger partial charge on any atom is 0.228 e. The van der Waals surface area contributed by atoms with E-state index >= 15 is 0 Å². The van der Waals surface area contributed by atoms with Crippen molar-refractivity contribution in [2.45, 2.75) is 40.2 Å². The molecule has 0 bridgehead atoms. The molecule has 3 heterocycles. The largest absolute Gasteiger partial charge is 0.342 e. The molecular weight excluding hydrogens is 316 g/mol. The van der Waals surface area contributed by atoms with Gasteiger partial charge in [0.1, 0.15) is 6.07 Å². The maximum atomic E-state index is 12.9. The maximum absolute atomic E-state index is 12.9. The van der Waals surface area contributed by atoms with E-state index in [4.69, 9.17) is 0 Å². The molecule has 6 heteroatoms. The second-order valence-electron chi connectivity index (χ2n) is 7.44. The highest BCUT2D eigenvalue weighted by molar-refractivity contribution is 5.89. The number of carbonyl (C=O) groups is 2. The van der Waals surface area contributed by atoms with E-state index in [2.05, 4.69) is 24.9 Å². The van der Waals surface area contributed by atoms with Crippen LogP contribution < -0.4 is 0 Å². The van der Waals surface area contributed by atoms with E-state index in [-0.39, 0.29) is 17.7 Å². The lowest BCUT2D eigenvalue weighted by Gasteiger charge is -2.31. The van der Waals surface area contributed by atoms with Gasteiger partial charge in [-0.05, 0) is 30.4 Å². The number of aromatic nitrogens is 1. The summed E-state index contributed by atoms with van der Waals surface area (Å²) in [4.78, 5) is 32.9. The van der Waals surface area contributed by atoms with Gasteiger partial charge in [-0.1, -0.05) is 13.8 Å². The number of hydrogen-bond acceptors (Lipinski definition) is 4. The van der Waals surface area contributed by atoms with Gasteiger partial charge in [-0.15, -0.1) is 0 Å². The van der Waals surface area contributed by atoms with Crippen molar-refractivity contribution in [3.8, 4) is 6.07 Å². The second kappa shape index (κ2) is 6.83. The predicted octanol–water partition coefficient (Wildman–Crippen LogP) is 1.65. The zero-order valence-electron chi connectivity index (χ0n) is 15.1. The molecule has 3 rings (SSSR count). The number of rotatable bonds is 3. The van der Waals surface area contributed by atoms with Gasteiger partial charge in [-0.25, -0.2) is 0 Å². The third kappa shape index (κ3) is 3.37. The normalized spacial score (nSPS) is 20.0. The highest BCUT2D eigenvalue weighted by Crippen LogP contribution is 2.27. The van der Waals surface area contributed by atoms with Crippen molar-refractivity contribution in [3.63, 3.8) is 0 Å². The highest BCUT2D eigenvalue weighted by Gasteiger charge is 2.37. The Morgan fingerprint density at radius 2 is 2.24 bits per heavy atom. The van der Waals surface area contributed by atoms with E-state index in [1.165, 1.54) is 0 Å². The molecule has 2 amide bonds. The smallest absolute Gasteiger partial charge is 0.228 e. The Kier molecular flexibility index (Phi) is 4.76. The molecule has 0 aliphatic carbocycles. The van der Waals surface area contributed by atoms with Crippen molar-refractivity contribution >= 4 is 11.8 Å². The number of pyridine rings is 1. The van der Waals surface area contributed by atoms with Crippen molar-refractivity contribution in [1.29, 1.82) is 5.26 Å². The minimum Gasteiger partial charge on any atom is -0.342 e. The Balaban J connectivity index is 1.72. The number of nitriles is 1. The molecule has 0 aromatic carbocycles. The SMILES string of the molecule is Cc1ncc2c(c1C#N)CCN(C(=O)C1CC(=O)N(CC(C)C)C1)C2. The van der Waals surface area contributed by atoms with Gasteiger partial charge in [0.25, 0.3) is 0 Å². The van der Waals surface area contributed by atoms with Crippen LogP contribution in [0.25, 0.3) is 0 Å². The number of nitrogens with zero attached hydrogens (tertiary/aromatic N) is 4. The third-order valence-corrected chi connectivity index (χ3v) is 5.03. The molecule has 6 nitrogen and oxygen atoms in total. The van der Waals surface area contributed by atoms with Crippen LogP contribution in [-0.4, -0.2) is 46.2 Å². The van der Waals surface area contributed by atoms with Gasteiger partial charge in [0, 0.05) is 38.8 Å². The van der Waals surface area contributed by atoms with Crippen LogP contribution in [0.15, 0.2) is 6.20 Å². The number of aryl methyl sites for hydroxylation is 1. The summed E-state index contributed by atoms with van der Waals surface area (Å²) >= 11 is 0. The molecule has 2 aliphatic heterocycles. The average Bonchev–Trinajstić information content (AvgIpc) is 2.93. The Labute approximate surface area is 148 Å². The van der Waals surface area contributed by atoms with E-state index in [1.54, 1.807) is 6.20 Å². The van der Waals surface area contributed by atoms with Crippen LogP contribution >= 0.6 is 0 Å². The molecule has 0 N–H and O–H groups in total. The van der Waals surface area contributed by atoms with Crippen molar-refractivity contribution in [1.82, 2.24) is 14.8 Å². The van der Waals surface area contributed by atoms with Crippen molar-refractivity contribution in [2.24, 2.45) is 11.8 Å². The van der Waals surface area contributed by atoms with Crippen LogP contribution in [0.4, 0.5) is 0 Å². The Bertz CT molecular complexity index is 751. The van der Waals surface area contributed by atoms with E-state index in [0.717, 1.165) is 16.8 Å². The monoisotopic (exact) mass is 340 g/mol. The molecule has 1 atom stereocenters. The summed E-state index contributed by atoms with van der Waals surface area (Å²) in [5, 5.41) is 9.34. The molecule has 1 saturated heterocycles. The van der Waals surface area contributed by atoms with Gasteiger partial charge in [-0.2, -0.15) is 5.26 Å².